The van der Waals surface area contributed by atoms with Crippen LogP contribution in [0.1, 0.15) is 31.7 Å². The lowest BCUT2D eigenvalue weighted by atomic mass is 10.1. The summed E-state index contributed by atoms with van der Waals surface area (Å²) in [7, 11) is 0. The molecule has 2 rings (SSSR count). The van der Waals surface area contributed by atoms with Gasteiger partial charge in [-0.2, -0.15) is 0 Å². The highest BCUT2D eigenvalue weighted by Gasteiger charge is 2.39. The Bertz CT molecular complexity index is 348. The summed E-state index contributed by atoms with van der Waals surface area (Å²) in [6.07, 6.45) is 1.13. The number of benzene rings is 1. The van der Waals surface area contributed by atoms with E-state index in [0.29, 0.717) is 17.8 Å². The van der Waals surface area contributed by atoms with Crippen LogP contribution in [0.4, 0.5) is 4.39 Å². The topological polar surface area (TPSA) is 12.0 Å². The summed E-state index contributed by atoms with van der Waals surface area (Å²) >= 11 is 0. The van der Waals surface area contributed by atoms with Crippen LogP contribution >= 0.6 is 0 Å². The number of hydrogen-bond acceptors (Lipinski definition) is 1. The van der Waals surface area contributed by atoms with Gasteiger partial charge < -0.3 is 5.32 Å². The van der Waals surface area contributed by atoms with Gasteiger partial charge in [-0.25, -0.2) is 4.39 Å². The van der Waals surface area contributed by atoms with Gasteiger partial charge in [0.25, 0.3) is 0 Å². The summed E-state index contributed by atoms with van der Waals surface area (Å²) in [4.78, 5) is 0. The third-order valence-corrected chi connectivity index (χ3v) is 3.19. The maximum atomic E-state index is 13.5. The molecule has 1 saturated carbocycles. The molecule has 0 bridgehead atoms. The fraction of sp³-hybridized carbons (Fsp3) is 0.571. The maximum Gasteiger partial charge on any atom is 0.126 e. The van der Waals surface area contributed by atoms with Crippen molar-refractivity contribution < 1.29 is 4.39 Å². The Morgan fingerprint density at radius 3 is 2.81 bits per heavy atom. The zero-order valence-corrected chi connectivity index (χ0v) is 10.0. The molecule has 2 unspecified atom stereocenters. The minimum atomic E-state index is -0.0427. The molecule has 88 valence electrons. The average molecular weight is 221 g/mol. The first-order valence-corrected chi connectivity index (χ1v) is 6.13. The quantitative estimate of drug-likeness (QED) is 0.805. The molecule has 1 fully saturated rings. The van der Waals surface area contributed by atoms with E-state index in [-0.39, 0.29) is 5.82 Å². The van der Waals surface area contributed by atoms with E-state index in [4.69, 9.17) is 0 Å². The van der Waals surface area contributed by atoms with Crippen molar-refractivity contribution in [2.24, 2.45) is 11.8 Å². The molecule has 16 heavy (non-hydrogen) atoms. The maximum absolute atomic E-state index is 13.5. The lowest BCUT2D eigenvalue weighted by Crippen LogP contribution is -2.22. The predicted octanol–water partition coefficient (Wildman–Crippen LogP) is 3.17. The molecular weight excluding hydrogens is 201 g/mol. The van der Waals surface area contributed by atoms with Gasteiger partial charge >= 0.3 is 0 Å². The van der Waals surface area contributed by atoms with Crippen LogP contribution < -0.4 is 5.32 Å². The summed E-state index contributed by atoms with van der Waals surface area (Å²) in [6.45, 7) is 6.49. The van der Waals surface area contributed by atoms with Crippen molar-refractivity contribution in [1.29, 1.82) is 0 Å². The van der Waals surface area contributed by atoms with Gasteiger partial charge in [-0.1, -0.05) is 32.0 Å². The van der Waals surface area contributed by atoms with Crippen molar-refractivity contribution in [3.63, 3.8) is 0 Å². The zero-order chi connectivity index (χ0) is 11.5. The monoisotopic (exact) mass is 221 g/mol. The van der Waals surface area contributed by atoms with Gasteiger partial charge in [-0.15, -0.1) is 0 Å². The van der Waals surface area contributed by atoms with Crippen molar-refractivity contribution in [2.45, 2.75) is 26.2 Å². The highest BCUT2D eigenvalue weighted by Crippen LogP contribution is 2.47. The van der Waals surface area contributed by atoms with E-state index in [9.17, 15) is 4.39 Å². The van der Waals surface area contributed by atoms with Crippen molar-refractivity contribution in [3.8, 4) is 0 Å². The van der Waals surface area contributed by atoms with Crippen LogP contribution in [-0.4, -0.2) is 13.1 Å². The normalized spacial score (nSPS) is 23.8. The molecule has 1 aromatic rings. The highest BCUT2D eigenvalue weighted by molar-refractivity contribution is 5.27. The van der Waals surface area contributed by atoms with E-state index in [1.807, 2.05) is 12.1 Å². The standard InChI is InChI=1S/C14H20FN/c1-10(2)8-16-9-11-7-13(11)12-5-3-4-6-14(12)15/h3-6,10-11,13,16H,7-9H2,1-2H3. The van der Waals surface area contributed by atoms with Crippen LogP contribution in [0.25, 0.3) is 0 Å². The second kappa shape index (κ2) is 4.96. The molecule has 0 radical (unpaired) electrons. The average Bonchev–Trinajstić information content (AvgIpc) is 2.97. The van der Waals surface area contributed by atoms with Gasteiger partial charge in [-0.05, 0) is 48.9 Å². The van der Waals surface area contributed by atoms with E-state index in [1.165, 1.54) is 0 Å². The number of halogens is 1. The Balaban J connectivity index is 1.81. The Labute approximate surface area is 97.1 Å². The Kier molecular flexibility index (Phi) is 3.59. The first kappa shape index (κ1) is 11.6. The lowest BCUT2D eigenvalue weighted by Gasteiger charge is -2.07. The van der Waals surface area contributed by atoms with Gasteiger partial charge in [0, 0.05) is 0 Å². The molecule has 0 saturated heterocycles. The molecule has 1 nitrogen and oxygen atoms in total. The minimum absolute atomic E-state index is 0.0427. The van der Waals surface area contributed by atoms with E-state index in [2.05, 4.69) is 19.2 Å². The van der Waals surface area contributed by atoms with Crippen LogP contribution in [0.15, 0.2) is 24.3 Å². The van der Waals surface area contributed by atoms with Crippen molar-refractivity contribution in [2.75, 3.05) is 13.1 Å². The van der Waals surface area contributed by atoms with E-state index in [0.717, 1.165) is 25.1 Å². The summed E-state index contributed by atoms with van der Waals surface area (Å²) in [5, 5.41) is 3.44. The Hall–Kier alpha value is -0.890. The SMILES string of the molecule is CC(C)CNCC1CC1c1ccccc1F. The third kappa shape index (κ3) is 2.82. The molecule has 1 aliphatic carbocycles. The largest absolute Gasteiger partial charge is 0.316 e. The Morgan fingerprint density at radius 2 is 2.12 bits per heavy atom. The smallest absolute Gasteiger partial charge is 0.126 e. The van der Waals surface area contributed by atoms with Crippen LogP contribution in [0, 0.1) is 17.7 Å². The number of hydrogen-bond donors (Lipinski definition) is 1. The first-order chi connectivity index (χ1) is 7.68. The molecule has 0 heterocycles. The zero-order valence-electron chi connectivity index (χ0n) is 10.0. The molecular formula is C14H20FN. The van der Waals surface area contributed by atoms with Crippen molar-refractivity contribution in [3.05, 3.63) is 35.6 Å². The summed E-state index contributed by atoms with van der Waals surface area (Å²) in [6, 6.07) is 7.16. The second-order valence-electron chi connectivity index (χ2n) is 5.18. The number of nitrogens with one attached hydrogen (secondary N) is 1. The van der Waals surface area contributed by atoms with Crippen LogP contribution in [0.2, 0.25) is 0 Å². The molecule has 0 aromatic heterocycles. The fourth-order valence-corrected chi connectivity index (χ4v) is 2.19. The molecule has 2 heteroatoms. The molecule has 0 spiro atoms. The van der Waals surface area contributed by atoms with Crippen LogP contribution in [0.5, 0.6) is 0 Å². The molecule has 1 N–H and O–H groups in total. The van der Waals surface area contributed by atoms with Gasteiger partial charge in [0.05, 0.1) is 0 Å². The number of rotatable bonds is 5. The summed E-state index contributed by atoms with van der Waals surface area (Å²) in [5.41, 5.74) is 0.902. The fourth-order valence-electron chi connectivity index (χ4n) is 2.19. The highest BCUT2D eigenvalue weighted by atomic mass is 19.1. The molecule has 1 aromatic carbocycles. The van der Waals surface area contributed by atoms with E-state index >= 15 is 0 Å². The third-order valence-electron chi connectivity index (χ3n) is 3.19. The molecule has 2 atom stereocenters. The predicted molar refractivity (Wildman–Crippen MR) is 65.0 cm³/mol. The van der Waals surface area contributed by atoms with Crippen LogP contribution in [0.3, 0.4) is 0 Å². The van der Waals surface area contributed by atoms with E-state index < -0.39 is 0 Å². The van der Waals surface area contributed by atoms with E-state index in [1.54, 1.807) is 12.1 Å². The molecule has 0 amide bonds. The van der Waals surface area contributed by atoms with Gasteiger partial charge in [0.15, 0.2) is 0 Å². The van der Waals surface area contributed by atoms with Crippen LogP contribution in [-0.2, 0) is 0 Å². The summed E-state index contributed by atoms with van der Waals surface area (Å²) in [5.74, 6) is 1.72. The second-order valence-corrected chi connectivity index (χ2v) is 5.18. The van der Waals surface area contributed by atoms with Gasteiger partial charge in [0.1, 0.15) is 5.82 Å². The lowest BCUT2D eigenvalue weighted by molar-refractivity contribution is 0.530. The van der Waals surface area contributed by atoms with Gasteiger partial charge in [-0.3, -0.25) is 0 Å². The summed E-state index contributed by atoms with van der Waals surface area (Å²) < 4.78 is 13.5. The van der Waals surface area contributed by atoms with Crippen molar-refractivity contribution in [1.82, 2.24) is 5.32 Å². The first-order valence-electron chi connectivity index (χ1n) is 6.13. The minimum Gasteiger partial charge on any atom is -0.316 e. The molecule has 1 aliphatic rings. The molecule has 0 aliphatic heterocycles. The van der Waals surface area contributed by atoms with Gasteiger partial charge in [0.2, 0.25) is 0 Å². The Morgan fingerprint density at radius 1 is 1.38 bits per heavy atom. The van der Waals surface area contributed by atoms with Crippen molar-refractivity contribution >= 4 is 0 Å².